The minimum atomic E-state index is 0.623. The highest BCUT2D eigenvalue weighted by atomic mass is 14.9. The van der Waals surface area contributed by atoms with E-state index in [9.17, 15) is 0 Å². The van der Waals surface area contributed by atoms with Crippen LogP contribution in [0.15, 0.2) is 18.2 Å². The molecule has 0 saturated carbocycles. The van der Waals surface area contributed by atoms with E-state index in [1.165, 1.54) is 44.1 Å². The molecule has 0 aliphatic heterocycles. The molecule has 2 rings (SSSR count). The Morgan fingerprint density at radius 3 is 2.68 bits per heavy atom. The number of benzene rings is 1. The summed E-state index contributed by atoms with van der Waals surface area (Å²) in [6, 6.07) is 7.82. The predicted octanol–water partition coefficient (Wildman–Crippen LogP) is 4.13. The first-order valence-electron chi connectivity index (χ1n) is 8.08. The van der Waals surface area contributed by atoms with Gasteiger partial charge in [0.25, 0.3) is 0 Å². The van der Waals surface area contributed by atoms with Crippen LogP contribution in [0, 0.1) is 5.92 Å². The highest BCUT2D eigenvalue weighted by molar-refractivity contribution is 5.35. The van der Waals surface area contributed by atoms with Gasteiger partial charge in [-0.2, -0.15) is 0 Å². The third-order valence-corrected chi connectivity index (χ3v) is 4.61. The van der Waals surface area contributed by atoms with Crippen LogP contribution in [0.2, 0.25) is 0 Å². The fourth-order valence-corrected chi connectivity index (χ4v) is 3.27. The van der Waals surface area contributed by atoms with Gasteiger partial charge in [0.15, 0.2) is 0 Å². The van der Waals surface area contributed by atoms with Crippen LogP contribution in [-0.2, 0) is 19.3 Å². The molecule has 0 fully saturated rings. The topological polar surface area (TPSA) is 12.0 Å². The second kappa shape index (κ2) is 7.09. The molecule has 2 atom stereocenters. The smallest absolute Gasteiger partial charge is 0.00700 e. The summed E-state index contributed by atoms with van der Waals surface area (Å²) in [5.41, 5.74) is 4.74. The third-order valence-electron chi connectivity index (χ3n) is 4.61. The summed E-state index contributed by atoms with van der Waals surface area (Å²) in [5.74, 6) is 0.756. The van der Waals surface area contributed by atoms with Crippen LogP contribution in [0.1, 0.15) is 56.7 Å². The van der Waals surface area contributed by atoms with Crippen LogP contribution in [0.5, 0.6) is 0 Å². The van der Waals surface area contributed by atoms with Crippen molar-refractivity contribution in [2.24, 2.45) is 5.92 Å². The van der Waals surface area contributed by atoms with Crippen molar-refractivity contribution in [2.75, 3.05) is 6.54 Å². The Kier molecular flexibility index (Phi) is 5.45. The van der Waals surface area contributed by atoms with E-state index >= 15 is 0 Å². The summed E-state index contributed by atoms with van der Waals surface area (Å²) in [5, 5.41) is 3.66. The van der Waals surface area contributed by atoms with Crippen molar-refractivity contribution in [2.45, 2.75) is 65.3 Å². The Balaban J connectivity index is 1.97. The second-order valence-corrected chi connectivity index (χ2v) is 6.07. The molecule has 1 aliphatic rings. The Bertz CT molecular complexity index is 397. The summed E-state index contributed by atoms with van der Waals surface area (Å²) in [6.07, 6.45) is 7.64. The van der Waals surface area contributed by atoms with Gasteiger partial charge in [0, 0.05) is 6.04 Å². The molecule has 1 nitrogen and oxygen atoms in total. The van der Waals surface area contributed by atoms with Gasteiger partial charge in [-0.25, -0.2) is 0 Å². The largest absolute Gasteiger partial charge is 0.314 e. The average Bonchev–Trinajstić information content (AvgIpc) is 2.89. The molecule has 2 unspecified atom stereocenters. The molecule has 19 heavy (non-hydrogen) atoms. The molecule has 0 radical (unpaired) electrons. The Morgan fingerprint density at radius 1 is 1.16 bits per heavy atom. The number of nitrogens with one attached hydrogen (secondary N) is 1. The first-order chi connectivity index (χ1) is 9.24. The SMILES string of the molecule is CCCNC(C)C(CC)Cc1ccc2c(c1)CCC2. The van der Waals surface area contributed by atoms with Crippen LogP contribution in [0.25, 0.3) is 0 Å². The molecule has 0 heterocycles. The fourth-order valence-electron chi connectivity index (χ4n) is 3.27. The van der Waals surface area contributed by atoms with Crippen molar-refractivity contribution in [3.63, 3.8) is 0 Å². The summed E-state index contributed by atoms with van der Waals surface area (Å²) >= 11 is 0. The lowest BCUT2D eigenvalue weighted by Gasteiger charge is -2.24. The van der Waals surface area contributed by atoms with Crippen LogP contribution in [0.4, 0.5) is 0 Å². The zero-order valence-electron chi connectivity index (χ0n) is 12.8. The standard InChI is InChI=1S/C18H29N/c1-4-11-19-14(3)16(5-2)12-15-9-10-17-7-6-8-18(17)13-15/h9-10,13-14,16,19H,4-8,11-12H2,1-3H3. The van der Waals surface area contributed by atoms with Gasteiger partial charge < -0.3 is 5.32 Å². The predicted molar refractivity (Wildman–Crippen MR) is 83.7 cm³/mol. The highest BCUT2D eigenvalue weighted by Gasteiger charge is 2.17. The molecule has 106 valence electrons. The third kappa shape index (κ3) is 3.82. The molecule has 0 bridgehead atoms. The van der Waals surface area contributed by atoms with Gasteiger partial charge in [0.2, 0.25) is 0 Å². The number of hydrogen-bond acceptors (Lipinski definition) is 1. The molecule has 0 spiro atoms. The lowest BCUT2D eigenvalue weighted by molar-refractivity contribution is 0.362. The molecule has 1 heteroatoms. The summed E-state index contributed by atoms with van der Waals surface area (Å²) in [6.45, 7) is 8.04. The van der Waals surface area contributed by atoms with Crippen LogP contribution < -0.4 is 5.32 Å². The minimum Gasteiger partial charge on any atom is -0.314 e. The molecule has 1 aromatic carbocycles. The maximum atomic E-state index is 3.66. The van der Waals surface area contributed by atoms with E-state index in [2.05, 4.69) is 44.3 Å². The van der Waals surface area contributed by atoms with Gasteiger partial charge in [-0.05, 0) is 68.2 Å². The van der Waals surface area contributed by atoms with E-state index < -0.39 is 0 Å². The van der Waals surface area contributed by atoms with Crippen LogP contribution >= 0.6 is 0 Å². The molecule has 0 amide bonds. The average molecular weight is 259 g/mol. The number of fused-ring (bicyclic) bond motifs is 1. The van der Waals surface area contributed by atoms with E-state index in [1.54, 1.807) is 11.1 Å². The summed E-state index contributed by atoms with van der Waals surface area (Å²) in [4.78, 5) is 0. The van der Waals surface area contributed by atoms with E-state index in [-0.39, 0.29) is 0 Å². The van der Waals surface area contributed by atoms with Crippen molar-refractivity contribution in [3.05, 3.63) is 34.9 Å². The minimum absolute atomic E-state index is 0.623. The maximum absolute atomic E-state index is 3.66. The fraction of sp³-hybridized carbons (Fsp3) is 0.667. The molecule has 1 aliphatic carbocycles. The van der Waals surface area contributed by atoms with Crippen LogP contribution in [0.3, 0.4) is 0 Å². The zero-order valence-corrected chi connectivity index (χ0v) is 12.8. The monoisotopic (exact) mass is 259 g/mol. The molecular weight excluding hydrogens is 230 g/mol. The normalized spacial score (nSPS) is 17.2. The van der Waals surface area contributed by atoms with Crippen molar-refractivity contribution < 1.29 is 0 Å². The Labute approximate surface area is 118 Å². The Morgan fingerprint density at radius 2 is 1.95 bits per heavy atom. The quantitative estimate of drug-likeness (QED) is 0.776. The van der Waals surface area contributed by atoms with Crippen molar-refractivity contribution >= 4 is 0 Å². The number of aryl methyl sites for hydroxylation is 2. The van der Waals surface area contributed by atoms with E-state index in [4.69, 9.17) is 0 Å². The lowest BCUT2D eigenvalue weighted by atomic mass is 9.89. The van der Waals surface area contributed by atoms with E-state index in [0.717, 1.165) is 12.5 Å². The van der Waals surface area contributed by atoms with Crippen molar-refractivity contribution in [1.82, 2.24) is 5.32 Å². The highest BCUT2D eigenvalue weighted by Crippen LogP contribution is 2.25. The van der Waals surface area contributed by atoms with Crippen LogP contribution in [-0.4, -0.2) is 12.6 Å². The molecule has 0 saturated heterocycles. The first-order valence-corrected chi connectivity index (χ1v) is 8.08. The lowest BCUT2D eigenvalue weighted by Crippen LogP contribution is -2.34. The zero-order chi connectivity index (χ0) is 13.7. The van der Waals surface area contributed by atoms with Crippen molar-refractivity contribution in [3.8, 4) is 0 Å². The van der Waals surface area contributed by atoms with E-state index in [1.807, 2.05) is 0 Å². The molecule has 1 N–H and O–H groups in total. The van der Waals surface area contributed by atoms with Gasteiger partial charge in [-0.1, -0.05) is 38.5 Å². The Hall–Kier alpha value is -0.820. The van der Waals surface area contributed by atoms with Gasteiger partial charge in [-0.3, -0.25) is 0 Å². The molecular formula is C18H29N. The van der Waals surface area contributed by atoms with Crippen molar-refractivity contribution in [1.29, 1.82) is 0 Å². The van der Waals surface area contributed by atoms with Gasteiger partial charge in [0.1, 0.15) is 0 Å². The number of hydrogen-bond donors (Lipinski definition) is 1. The number of rotatable bonds is 7. The molecule has 0 aromatic heterocycles. The van der Waals surface area contributed by atoms with Gasteiger partial charge >= 0.3 is 0 Å². The maximum Gasteiger partial charge on any atom is 0.00700 e. The summed E-state index contributed by atoms with van der Waals surface area (Å²) < 4.78 is 0. The summed E-state index contributed by atoms with van der Waals surface area (Å²) in [7, 11) is 0. The second-order valence-electron chi connectivity index (χ2n) is 6.07. The van der Waals surface area contributed by atoms with Gasteiger partial charge in [-0.15, -0.1) is 0 Å². The molecule has 1 aromatic rings. The first kappa shape index (κ1) is 14.6. The van der Waals surface area contributed by atoms with Gasteiger partial charge in [0.05, 0.1) is 0 Å². The van der Waals surface area contributed by atoms with E-state index in [0.29, 0.717) is 6.04 Å².